The molecule has 0 spiro atoms. The van der Waals surface area contributed by atoms with Crippen molar-refractivity contribution in [3.05, 3.63) is 46.7 Å². The second kappa shape index (κ2) is 4.96. The van der Waals surface area contributed by atoms with Crippen LogP contribution < -0.4 is 0 Å². The molecule has 0 radical (unpaired) electrons. The summed E-state index contributed by atoms with van der Waals surface area (Å²) >= 11 is 6.12. The van der Waals surface area contributed by atoms with Gasteiger partial charge >= 0.3 is 11.9 Å². The van der Waals surface area contributed by atoms with Crippen LogP contribution in [0.15, 0.2) is 39.9 Å². The molecule has 1 aromatic heterocycles. The summed E-state index contributed by atoms with van der Waals surface area (Å²) in [5, 5.41) is 4.44. The van der Waals surface area contributed by atoms with Gasteiger partial charge in [0.05, 0.1) is 0 Å². The first-order valence-corrected chi connectivity index (χ1v) is 7.28. The van der Waals surface area contributed by atoms with Crippen LogP contribution in [0.2, 0.25) is 5.02 Å². The number of fused-ring (bicyclic) bond motifs is 1. The number of hydrogen-bond acceptors (Lipinski definition) is 6. The Morgan fingerprint density at radius 2 is 1.87 bits per heavy atom. The third-order valence-electron chi connectivity index (χ3n) is 3.86. The minimum absolute atomic E-state index is 0.260. The van der Waals surface area contributed by atoms with Crippen LogP contribution in [0.25, 0.3) is 11.3 Å². The molecule has 2 aromatic rings. The summed E-state index contributed by atoms with van der Waals surface area (Å²) in [6, 6.07) is 8.98. The number of esters is 2. The number of aryl methyl sites for hydroxylation is 1. The Kier molecular flexibility index (Phi) is 3.02. The molecule has 0 N–H and O–H groups in total. The lowest BCUT2D eigenvalue weighted by Crippen LogP contribution is -2.26. The largest absolute Gasteiger partial charge is 0.455 e. The van der Waals surface area contributed by atoms with E-state index in [0.717, 1.165) is 11.1 Å². The number of halogens is 1. The minimum Gasteiger partial charge on any atom is -0.455 e. The zero-order valence-electron chi connectivity index (χ0n) is 11.9. The highest BCUT2D eigenvalue weighted by Crippen LogP contribution is 2.33. The quantitative estimate of drug-likeness (QED) is 0.624. The highest BCUT2D eigenvalue weighted by Gasteiger charge is 2.54. The smallest absolute Gasteiger partial charge is 0.359 e. The van der Waals surface area contributed by atoms with Crippen LogP contribution in [-0.4, -0.2) is 23.8 Å². The molecule has 2 atom stereocenters. The molecule has 23 heavy (non-hydrogen) atoms. The Morgan fingerprint density at radius 3 is 2.65 bits per heavy atom. The summed E-state index contributed by atoms with van der Waals surface area (Å²) in [4.78, 5) is 28.2. The normalized spacial score (nSPS) is 22.6. The Hall–Kier alpha value is -2.60. The van der Waals surface area contributed by atoms with Gasteiger partial charge in [-0.15, -0.1) is 0 Å². The van der Waals surface area contributed by atoms with Crippen LogP contribution in [0.4, 0.5) is 0 Å². The third-order valence-corrected chi connectivity index (χ3v) is 4.27. The second-order valence-corrected chi connectivity index (χ2v) is 5.76. The molecule has 0 saturated carbocycles. The molecule has 0 bridgehead atoms. The number of furan rings is 1. The lowest BCUT2D eigenvalue weighted by Gasteiger charge is -2.02. The van der Waals surface area contributed by atoms with Crippen molar-refractivity contribution < 1.29 is 23.6 Å². The van der Waals surface area contributed by atoms with E-state index >= 15 is 0 Å². The first-order valence-electron chi connectivity index (χ1n) is 6.90. The molecule has 116 valence electrons. The zero-order chi connectivity index (χ0) is 16.1. The Balaban J connectivity index is 1.67. The van der Waals surface area contributed by atoms with Crippen LogP contribution >= 0.6 is 11.6 Å². The van der Waals surface area contributed by atoms with E-state index in [-0.39, 0.29) is 5.71 Å². The van der Waals surface area contributed by atoms with E-state index in [4.69, 9.17) is 20.9 Å². The van der Waals surface area contributed by atoms with Crippen molar-refractivity contribution in [2.45, 2.75) is 13.0 Å². The molecule has 0 amide bonds. The molecule has 3 heterocycles. The maximum Gasteiger partial charge on any atom is 0.359 e. The summed E-state index contributed by atoms with van der Waals surface area (Å²) in [6.45, 7) is 1.91. The van der Waals surface area contributed by atoms with Gasteiger partial charge in [-0.1, -0.05) is 28.9 Å². The molecule has 0 unspecified atom stereocenters. The fourth-order valence-electron chi connectivity index (χ4n) is 2.58. The Bertz CT molecular complexity index is 869. The molecule has 6 nitrogen and oxygen atoms in total. The molecular weight excluding hydrogens is 322 g/mol. The number of nitrogens with zero attached hydrogens (tertiary/aromatic N) is 1. The molecule has 1 fully saturated rings. The van der Waals surface area contributed by atoms with Crippen LogP contribution in [0.3, 0.4) is 0 Å². The second-order valence-electron chi connectivity index (χ2n) is 5.35. The molecule has 4 rings (SSSR count). The molecular formula is C16H10ClNO5. The van der Waals surface area contributed by atoms with E-state index in [1.165, 1.54) is 0 Å². The molecule has 1 aromatic carbocycles. The van der Waals surface area contributed by atoms with Gasteiger partial charge in [-0.05, 0) is 30.7 Å². The maximum absolute atomic E-state index is 11.7. The minimum atomic E-state index is -1.01. The highest BCUT2D eigenvalue weighted by molar-refractivity contribution is 6.31. The van der Waals surface area contributed by atoms with Gasteiger partial charge in [0.15, 0.2) is 11.7 Å². The number of ether oxygens (including phenoxy) is 1. The number of cyclic esters (lactones) is 2. The number of carbonyl (C=O) groups is 2. The summed E-state index contributed by atoms with van der Waals surface area (Å²) in [7, 11) is 0. The van der Waals surface area contributed by atoms with E-state index in [1.54, 1.807) is 18.2 Å². The van der Waals surface area contributed by atoms with Gasteiger partial charge in [0.2, 0.25) is 6.10 Å². The first kappa shape index (κ1) is 14.0. The van der Waals surface area contributed by atoms with E-state index in [2.05, 4.69) is 9.89 Å². The summed E-state index contributed by atoms with van der Waals surface area (Å²) in [5.74, 6) is -1.34. The molecule has 0 aliphatic carbocycles. The summed E-state index contributed by atoms with van der Waals surface area (Å²) in [5.41, 5.74) is 2.02. The Morgan fingerprint density at radius 1 is 1.09 bits per heavy atom. The van der Waals surface area contributed by atoms with Crippen molar-refractivity contribution in [1.29, 1.82) is 0 Å². The molecule has 2 aliphatic rings. The van der Waals surface area contributed by atoms with Crippen LogP contribution in [-0.2, 0) is 19.2 Å². The monoisotopic (exact) mass is 331 g/mol. The van der Waals surface area contributed by atoms with Crippen LogP contribution in [0.5, 0.6) is 0 Å². The lowest BCUT2D eigenvalue weighted by molar-refractivity contribution is -0.155. The number of rotatable bonds is 2. The van der Waals surface area contributed by atoms with E-state index in [1.807, 2.05) is 19.1 Å². The van der Waals surface area contributed by atoms with Crippen molar-refractivity contribution in [1.82, 2.24) is 0 Å². The maximum atomic E-state index is 11.7. The standard InChI is InChI=1S/C16H10ClNO5/c1-7-2-3-8(6-9(7)17)10-4-5-11(21-10)13-12-14(23-18-13)16(20)22-15(12)19/h2-6,12,14H,1H3/t12-,14-/m1/s1. The SMILES string of the molecule is Cc1ccc(-c2ccc(C3=NO[C@H]4C(=O)OC(=O)[C@H]34)o2)cc1Cl. The third kappa shape index (κ3) is 2.14. The zero-order valence-corrected chi connectivity index (χ0v) is 12.7. The first-order chi connectivity index (χ1) is 11.0. The molecule has 2 aliphatic heterocycles. The van der Waals surface area contributed by atoms with E-state index < -0.39 is 24.0 Å². The number of hydrogen-bond donors (Lipinski definition) is 0. The lowest BCUT2D eigenvalue weighted by atomic mass is 9.98. The van der Waals surface area contributed by atoms with E-state index in [9.17, 15) is 9.59 Å². The number of benzene rings is 1. The summed E-state index contributed by atoms with van der Waals surface area (Å²) < 4.78 is 10.3. The molecule has 1 saturated heterocycles. The fourth-order valence-corrected chi connectivity index (χ4v) is 2.77. The summed E-state index contributed by atoms with van der Waals surface area (Å²) in [6.07, 6.45) is -1.01. The predicted molar refractivity (Wildman–Crippen MR) is 79.9 cm³/mol. The van der Waals surface area contributed by atoms with Crippen molar-refractivity contribution in [2.75, 3.05) is 0 Å². The van der Waals surface area contributed by atoms with Gasteiger partial charge in [-0.25, -0.2) is 4.79 Å². The number of oxime groups is 1. The predicted octanol–water partition coefficient (Wildman–Crippen LogP) is 2.71. The van der Waals surface area contributed by atoms with Crippen molar-refractivity contribution in [3.8, 4) is 11.3 Å². The number of carbonyl (C=O) groups excluding carboxylic acids is 2. The van der Waals surface area contributed by atoms with Crippen molar-refractivity contribution in [2.24, 2.45) is 11.1 Å². The van der Waals surface area contributed by atoms with E-state index in [0.29, 0.717) is 16.5 Å². The topological polar surface area (TPSA) is 78.1 Å². The Labute approximate surface area is 135 Å². The van der Waals surface area contributed by atoms with Gasteiger partial charge in [-0.3, -0.25) is 4.79 Å². The van der Waals surface area contributed by atoms with Gasteiger partial charge < -0.3 is 14.0 Å². The van der Waals surface area contributed by atoms with Crippen molar-refractivity contribution in [3.63, 3.8) is 0 Å². The van der Waals surface area contributed by atoms with Gasteiger partial charge in [-0.2, -0.15) is 0 Å². The average Bonchev–Trinajstić information content (AvgIpc) is 3.20. The molecule has 7 heteroatoms. The van der Waals surface area contributed by atoms with Gasteiger partial charge in [0.25, 0.3) is 0 Å². The fraction of sp³-hybridized carbons (Fsp3) is 0.188. The van der Waals surface area contributed by atoms with Crippen LogP contribution in [0, 0.1) is 12.8 Å². The van der Waals surface area contributed by atoms with Crippen LogP contribution in [0.1, 0.15) is 11.3 Å². The average molecular weight is 332 g/mol. The highest BCUT2D eigenvalue weighted by atomic mass is 35.5. The van der Waals surface area contributed by atoms with Crippen molar-refractivity contribution >= 4 is 29.3 Å². The van der Waals surface area contributed by atoms with Gasteiger partial charge in [0, 0.05) is 10.6 Å². The van der Waals surface area contributed by atoms with Gasteiger partial charge in [0.1, 0.15) is 11.5 Å².